The monoisotopic (exact) mass is 330 g/mol. The summed E-state index contributed by atoms with van der Waals surface area (Å²) in [7, 11) is 1.59. The molecular weight excluding hydrogens is 314 g/mol. The molecule has 0 saturated carbocycles. The van der Waals surface area contributed by atoms with Gasteiger partial charge in [-0.2, -0.15) is 4.98 Å². The van der Waals surface area contributed by atoms with Crippen molar-refractivity contribution in [3.05, 3.63) is 51.9 Å². The average molecular weight is 330 g/mol. The van der Waals surface area contributed by atoms with Crippen LogP contribution in [-0.4, -0.2) is 21.1 Å². The van der Waals surface area contributed by atoms with Crippen molar-refractivity contribution in [3.63, 3.8) is 0 Å². The van der Waals surface area contributed by atoms with E-state index in [4.69, 9.17) is 0 Å². The summed E-state index contributed by atoms with van der Waals surface area (Å²) in [5, 5.41) is 3.70. The summed E-state index contributed by atoms with van der Waals surface area (Å²) in [6, 6.07) is 5.02. The fraction of sp³-hybridized carbons (Fsp3) is 0.235. The Labute approximate surface area is 137 Å². The molecule has 0 amide bonds. The Morgan fingerprint density at radius 1 is 1.17 bits per heavy atom. The number of fused-ring (bicyclic) bond motifs is 1. The van der Waals surface area contributed by atoms with Crippen molar-refractivity contribution in [1.82, 2.24) is 14.5 Å². The predicted molar refractivity (Wildman–Crippen MR) is 89.0 cm³/mol. The zero-order valence-corrected chi connectivity index (χ0v) is 13.5. The van der Waals surface area contributed by atoms with Crippen LogP contribution < -0.4 is 10.9 Å². The van der Waals surface area contributed by atoms with Crippen LogP contribution in [0.4, 0.5) is 14.7 Å². The Hall–Kier alpha value is -2.83. The minimum atomic E-state index is -0.995. The van der Waals surface area contributed by atoms with E-state index >= 15 is 0 Å². The molecule has 2 heterocycles. The van der Waals surface area contributed by atoms with Gasteiger partial charge in [0.25, 0.3) is 5.56 Å². The third kappa shape index (κ3) is 2.62. The van der Waals surface area contributed by atoms with E-state index in [2.05, 4.69) is 15.3 Å². The summed E-state index contributed by atoms with van der Waals surface area (Å²) < 4.78 is 28.0. The highest BCUT2D eigenvalue weighted by Gasteiger charge is 2.14. The molecule has 0 aliphatic heterocycles. The maximum atomic E-state index is 13.5. The van der Waals surface area contributed by atoms with Crippen molar-refractivity contribution in [2.24, 2.45) is 7.05 Å². The molecule has 0 aliphatic carbocycles. The molecule has 0 fully saturated rings. The van der Waals surface area contributed by atoms with Crippen LogP contribution in [-0.2, 0) is 7.05 Å². The zero-order valence-electron chi connectivity index (χ0n) is 13.5. The Kier molecular flexibility index (Phi) is 4.01. The second-order valence-corrected chi connectivity index (χ2v) is 5.45. The molecule has 7 heteroatoms. The van der Waals surface area contributed by atoms with E-state index < -0.39 is 11.6 Å². The third-order valence-electron chi connectivity index (χ3n) is 3.82. The minimum Gasteiger partial charge on any atom is -0.354 e. The standard InChI is InChI=1S/C17H16F2N4O/c1-4-20-17-21-9(2)11-8-12(16(24)23(3)15(11)22-17)10-5-6-13(18)14(19)7-10/h5-8H,4H2,1-3H3,(H,20,21,22). The second kappa shape index (κ2) is 5.99. The summed E-state index contributed by atoms with van der Waals surface area (Å²) in [4.78, 5) is 21.3. The first-order valence-electron chi connectivity index (χ1n) is 7.50. The molecule has 24 heavy (non-hydrogen) atoms. The maximum Gasteiger partial charge on any atom is 0.259 e. The van der Waals surface area contributed by atoms with Gasteiger partial charge in [-0.25, -0.2) is 13.8 Å². The van der Waals surface area contributed by atoms with Gasteiger partial charge in [0, 0.05) is 24.5 Å². The van der Waals surface area contributed by atoms with E-state index in [-0.39, 0.29) is 11.1 Å². The van der Waals surface area contributed by atoms with Gasteiger partial charge in [-0.05, 0) is 37.6 Å². The predicted octanol–water partition coefficient (Wildman–Crippen LogP) is 3.01. The molecule has 0 bridgehead atoms. The van der Waals surface area contributed by atoms with E-state index in [9.17, 15) is 13.6 Å². The molecule has 3 aromatic rings. The summed E-state index contributed by atoms with van der Waals surface area (Å²) in [6.07, 6.45) is 0. The highest BCUT2D eigenvalue weighted by Crippen LogP contribution is 2.23. The van der Waals surface area contributed by atoms with E-state index in [1.165, 1.54) is 10.6 Å². The van der Waals surface area contributed by atoms with Crippen molar-refractivity contribution in [2.75, 3.05) is 11.9 Å². The lowest BCUT2D eigenvalue weighted by molar-refractivity contribution is 0.509. The Balaban J connectivity index is 2.29. The van der Waals surface area contributed by atoms with Crippen LogP contribution in [0.5, 0.6) is 0 Å². The van der Waals surface area contributed by atoms with Gasteiger partial charge in [-0.1, -0.05) is 6.07 Å². The first-order valence-corrected chi connectivity index (χ1v) is 7.50. The van der Waals surface area contributed by atoms with Crippen molar-refractivity contribution in [2.45, 2.75) is 13.8 Å². The highest BCUT2D eigenvalue weighted by atomic mass is 19.2. The van der Waals surface area contributed by atoms with Crippen molar-refractivity contribution < 1.29 is 8.78 Å². The number of rotatable bonds is 3. The van der Waals surface area contributed by atoms with Crippen LogP contribution >= 0.6 is 0 Å². The smallest absolute Gasteiger partial charge is 0.259 e. The molecule has 0 atom stereocenters. The molecule has 0 radical (unpaired) electrons. The van der Waals surface area contributed by atoms with E-state index in [1.54, 1.807) is 13.1 Å². The molecule has 0 saturated heterocycles. The second-order valence-electron chi connectivity index (χ2n) is 5.45. The van der Waals surface area contributed by atoms with Gasteiger partial charge in [-0.15, -0.1) is 0 Å². The van der Waals surface area contributed by atoms with Crippen molar-refractivity contribution in [1.29, 1.82) is 0 Å². The number of hydrogen-bond donors (Lipinski definition) is 1. The van der Waals surface area contributed by atoms with Gasteiger partial charge >= 0.3 is 0 Å². The molecule has 5 nitrogen and oxygen atoms in total. The van der Waals surface area contributed by atoms with Gasteiger partial charge in [0.05, 0.1) is 5.69 Å². The largest absolute Gasteiger partial charge is 0.354 e. The molecule has 1 aromatic carbocycles. The summed E-state index contributed by atoms with van der Waals surface area (Å²) >= 11 is 0. The molecule has 2 aromatic heterocycles. The molecular formula is C17H16F2N4O. The van der Waals surface area contributed by atoms with Crippen molar-refractivity contribution >= 4 is 17.0 Å². The fourth-order valence-corrected chi connectivity index (χ4v) is 2.58. The van der Waals surface area contributed by atoms with Gasteiger partial charge < -0.3 is 5.32 Å². The number of hydrogen-bond acceptors (Lipinski definition) is 4. The highest BCUT2D eigenvalue weighted by molar-refractivity contribution is 5.84. The quantitative estimate of drug-likeness (QED) is 0.802. The first-order chi connectivity index (χ1) is 11.4. The number of nitrogens with one attached hydrogen (secondary N) is 1. The lowest BCUT2D eigenvalue weighted by atomic mass is 10.0. The molecule has 0 aliphatic rings. The number of pyridine rings is 1. The normalized spacial score (nSPS) is 11.0. The molecule has 1 N–H and O–H groups in total. The van der Waals surface area contributed by atoms with Crippen LogP contribution in [0, 0.1) is 18.6 Å². The summed E-state index contributed by atoms with van der Waals surface area (Å²) in [5.41, 5.74) is 1.41. The Bertz CT molecular complexity index is 998. The van der Waals surface area contributed by atoms with E-state index in [0.717, 1.165) is 12.1 Å². The Morgan fingerprint density at radius 3 is 2.58 bits per heavy atom. The zero-order chi connectivity index (χ0) is 17.4. The number of aryl methyl sites for hydroxylation is 2. The number of aromatic nitrogens is 3. The summed E-state index contributed by atoms with van der Waals surface area (Å²) in [6.45, 7) is 4.39. The SMILES string of the molecule is CCNc1nc(C)c2cc(-c3ccc(F)c(F)c3)c(=O)n(C)c2n1. The number of benzene rings is 1. The lowest BCUT2D eigenvalue weighted by Crippen LogP contribution is -2.21. The van der Waals surface area contributed by atoms with E-state index in [1.807, 2.05) is 13.8 Å². The van der Waals surface area contributed by atoms with Gasteiger partial charge in [-0.3, -0.25) is 9.36 Å². The first kappa shape index (κ1) is 16.0. The maximum absolute atomic E-state index is 13.5. The van der Waals surface area contributed by atoms with Crippen LogP contribution in [0.1, 0.15) is 12.6 Å². The molecule has 0 spiro atoms. The van der Waals surface area contributed by atoms with Crippen LogP contribution in [0.25, 0.3) is 22.2 Å². The molecule has 3 rings (SSSR count). The van der Waals surface area contributed by atoms with Crippen LogP contribution in [0.3, 0.4) is 0 Å². The number of nitrogens with zero attached hydrogens (tertiary/aromatic N) is 3. The topological polar surface area (TPSA) is 59.8 Å². The van der Waals surface area contributed by atoms with Crippen LogP contribution in [0.15, 0.2) is 29.1 Å². The third-order valence-corrected chi connectivity index (χ3v) is 3.82. The molecule has 124 valence electrons. The van der Waals surface area contributed by atoms with Gasteiger partial charge in [0.2, 0.25) is 5.95 Å². The minimum absolute atomic E-state index is 0.270. The van der Waals surface area contributed by atoms with Crippen molar-refractivity contribution in [3.8, 4) is 11.1 Å². The van der Waals surface area contributed by atoms with Crippen LogP contribution in [0.2, 0.25) is 0 Å². The lowest BCUT2D eigenvalue weighted by Gasteiger charge is -2.12. The van der Waals surface area contributed by atoms with Gasteiger partial charge in [0.1, 0.15) is 5.65 Å². The van der Waals surface area contributed by atoms with Gasteiger partial charge in [0.15, 0.2) is 11.6 Å². The number of halogens is 2. The van der Waals surface area contributed by atoms with E-state index in [0.29, 0.717) is 34.8 Å². The summed E-state index contributed by atoms with van der Waals surface area (Å²) in [5.74, 6) is -1.51. The Morgan fingerprint density at radius 2 is 1.92 bits per heavy atom. The number of anilines is 1. The molecule has 0 unspecified atom stereocenters. The fourth-order valence-electron chi connectivity index (χ4n) is 2.58. The average Bonchev–Trinajstić information content (AvgIpc) is 2.54.